The van der Waals surface area contributed by atoms with Gasteiger partial charge in [0, 0.05) is 18.5 Å². The second-order valence-electron chi connectivity index (χ2n) is 5.14. The van der Waals surface area contributed by atoms with E-state index in [1.54, 1.807) is 10.4 Å². The zero-order valence-electron chi connectivity index (χ0n) is 12.7. The largest absolute Gasteiger partial charge is 0.243 e. The van der Waals surface area contributed by atoms with Gasteiger partial charge in [-0.2, -0.15) is 4.31 Å². The molecule has 0 saturated heterocycles. The first kappa shape index (κ1) is 17.5. The van der Waals surface area contributed by atoms with Crippen molar-refractivity contribution in [2.45, 2.75) is 57.4 Å². The van der Waals surface area contributed by atoms with Gasteiger partial charge in [0.15, 0.2) is 0 Å². The van der Waals surface area contributed by atoms with Crippen LogP contribution in [0.3, 0.4) is 0 Å². The van der Waals surface area contributed by atoms with E-state index in [0.717, 1.165) is 17.5 Å². The van der Waals surface area contributed by atoms with E-state index in [2.05, 4.69) is 0 Å². The molecule has 0 aliphatic rings. The standard InChI is InChI=1S/C15H24ClNO2S/c1-5-9-17(12(3)4)20(18,19)15-10-13(11-16)7-8-14(15)6-2/h7-8,10,12H,5-6,9,11H2,1-4H3. The van der Waals surface area contributed by atoms with Crippen LogP contribution in [0.2, 0.25) is 0 Å². The number of benzene rings is 1. The van der Waals surface area contributed by atoms with Crippen molar-refractivity contribution in [3.05, 3.63) is 29.3 Å². The number of rotatable bonds is 7. The van der Waals surface area contributed by atoms with Crippen molar-refractivity contribution >= 4 is 21.6 Å². The fourth-order valence-corrected chi connectivity index (χ4v) is 4.46. The van der Waals surface area contributed by atoms with E-state index in [1.807, 2.05) is 39.8 Å². The topological polar surface area (TPSA) is 37.4 Å². The highest BCUT2D eigenvalue weighted by Gasteiger charge is 2.28. The molecule has 0 radical (unpaired) electrons. The Labute approximate surface area is 128 Å². The number of aryl methyl sites for hydroxylation is 1. The van der Waals surface area contributed by atoms with E-state index in [9.17, 15) is 8.42 Å². The molecule has 0 fully saturated rings. The molecule has 0 bridgehead atoms. The van der Waals surface area contributed by atoms with Gasteiger partial charge in [0.1, 0.15) is 0 Å². The maximum atomic E-state index is 12.9. The van der Waals surface area contributed by atoms with Gasteiger partial charge in [0.05, 0.1) is 4.90 Å². The molecular formula is C15H24ClNO2S. The van der Waals surface area contributed by atoms with Gasteiger partial charge in [-0.25, -0.2) is 8.42 Å². The van der Waals surface area contributed by atoms with Crippen LogP contribution in [0, 0.1) is 0 Å². The van der Waals surface area contributed by atoms with Gasteiger partial charge >= 0.3 is 0 Å². The summed E-state index contributed by atoms with van der Waals surface area (Å²) in [6.07, 6.45) is 1.49. The van der Waals surface area contributed by atoms with Gasteiger partial charge in [0.2, 0.25) is 10.0 Å². The van der Waals surface area contributed by atoms with Crippen LogP contribution in [0.15, 0.2) is 23.1 Å². The van der Waals surface area contributed by atoms with Gasteiger partial charge < -0.3 is 0 Å². The van der Waals surface area contributed by atoms with Gasteiger partial charge in [-0.05, 0) is 43.9 Å². The molecule has 20 heavy (non-hydrogen) atoms. The van der Waals surface area contributed by atoms with Crippen LogP contribution >= 0.6 is 11.6 Å². The maximum Gasteiger partial charge on any atom is 0.243 e. The number of hydrogen-bond donors (Lipinski definition) is 0. The predicted molar refractivity (Wildman–Crippen MR) is 84.7 cm³/mol. The summed E-state index contributed by atoms with van der Waals surface area (Å²) in [5, 5.41) is 0. The van der Waals surface area contributed by atoms with E-state index in [0.29, 0.717) is 23.7 Å². The van der Waals surface area contributed by atoms with Gasteiger partial charge in [-0.1, -0.05) is 26.0 Å². The average Bonchev–Trinajstić information content (AvgIpc) is 2.43. The van der Waals surface area contributed by atoms with E-state index in [-0.39, 0.29) is 6.04 Å². The van der Waals surface area contributed by atoms with E-state index >= 15 is 0 Å². The second kappa shape index (κ2) is 7.43. The van der Waals surface area contributed by atoms with Gasteiger partial charge in [-0.15, -0.1) is 11.6 Å². The minimum absolute atomic E-state index is 0.0516. The first-order valence-electron chi connectivity index (χ1n) is 7.08. The van der Waals surface area contributed by atoms with E-state index < -0.39 is 10.0 Å². The molecule has 1 rings (SSSR count). The van der Waals surface area contributed by atoms with Crippen molar-refractivity contribution in [3.8, 4) is 0 Å². The molecule has 0 N–H and O–H groups in total. The molecule has 0 aliphatic carbocycles. The fraction of sp³-hybridized carbons (Fsp3) is 0.600. The molecule has 0 saturated carbocycles. The van der Waals surface area contributed by atoms with Crippen LogP contribution in [0.5, 0.6) is 0 Å². The number of sulfonamides is 1. The van der Waals surface area contributed by atoms with Crippen LogP contribution in [0.25, 0.3) is 0 Å². The third-order valence-corrected chi connectivity index (χ3v) is 5.74. The summed E-state index contributed by atoms with van der Waals surface area (Å²) >= 11 is 5.84. The minimum atomic E-state index is -3.46. The molecule has 0 spiro atoms. The smallest absolute Gasteiger partial charge is 0.207 e. The maximum absolute atomic E-state index is 12.9. The first-order valence-corrected chi connectivity index (χ1v) is 9.05. The van der Waals surface area contributed by atoms with Crippen LogP contribution in [0.1, 0.15) is 45.2 Å². The first-order chi connectivity index (χ1) is 9.38. The molecular weight excluding hydrogens is 294 g/mol. The molecule has 0 heterocycles. The Morgan fingerprint density at radius 3 is 2.35 bits per heavy atom. The summed E-state index contributed by atoms with van der Waals surface area (Å²) in [4.78, 5) is 0.403. The quantitative estimate of drug-likeness (QED) is 0.717. The molecule has 0 aromatic heterocycles. The lowest BCUT2D eigenvalue weighted by atomic mass is 10.1. The monoisotopic (exact) mass is 317 g/mol. The van der Waals surface area contributed by atoms with Crippen LogP contribution in [0.4, 0.5) is 0 Å². The summed E-state index contributed by atoms with van der Waals surface area (Å²) in [5.41, 5.74) is 1.68. The summed E-state index contributed by atoms with van der Waals surface area (Å²) < 4.78 is 27.4. The number of halogens is 1. The minimum Gasteiger partial charge on any atom is -0.207 e. The normalized spacial score (nSPS) is 12.3. The van der Waals surface area contributed by atoms with Gasteiger partial charge in [-0.3, -0.25) is 0 Å². The fourth-order valence-electron chi connectivity index (χ4n) is 2.22. The number of hydrogen-bond acceptors (Lipinski definition) is 2. The van der Waals surface area contributed by atoms with Crippen LogP contribution in [-0.4, -0.2) is 25.3 Å². The van der Waals surface area contributed by atoms with E-state index in [4.69, 9.17) is 11.6 Å². The van der Waals surface area contributed by atoms with Crippen LogP contribution < -0.4 is 0 Å². The second-order valence-corrected chi connectivity index (χ2v) is 7.27. The zero-order chi connectivity index (χ0) is 15.3. The Morgan fingerprint density at radius 2 is 1.90 bits per heavy atom. The van der Waals surface area contributed by atoms with E-state index in [1.165, 1.54) is 0 Å². The van der Waals surface area contributed by atoms with Crippen molar-refractivity contribution in [3.63, 3.8) is 0 Å². The average molecular weight is 318 g/mol. The predicted octanol–water partition coefficient (Wildman–Crippen LogP) is 3.80. The number of nitrogens with zero attached hydrogens (tertiary/aromatic N) is 1. The molecule has 0 unspecified atom stereocenters. The van der Waals surface area contributed by atoms with Crippen molar-refractivity contribution in [1.29, 1.82) is 0 Å². The molecule has 1 aromatic carbocycles. The van der Waals surface area contributed by atoms with Crippen molar-refractivity contribution < 1.29 is 8.42 Å². The Bertz CT molecular complexity index is 541. The lowest BCUT2D eigenvalue weighted by Gasteiger charge is -2.26. The third-order valence-electron chi connectivity index (χ3n) is 3.27. The summed E-state index contributed by atoms with van der Waals surface area (Å²) in [6.45, 7) is 8.30. The Hall–Kier alpha value is -0.580. The molecule has 5 heteroatoms. The van der Waals surface area contributed by atoms with Gasteiger partial charge in [0.25, 0.3) is 0 Å². The Kier molecular flexibility index (Phi) is 6.49. The zero-order valence-corrected chi connectivity index (χ0v) is 14.3. The molecule has 3 nitrogen and oxygen atoms in total. The van der Waals surface area contributed by atoms with Crippen LogP contribution in [-0.2, 0) is 22.3 Å². The lowest BCUT2D eigenvalue weighted by molar-refractivity contribution is 0.353. The molecule has 114 valence electrons. The SMILES string of the molecule is CCCN(C(C)C)S(=O)(=O)c1cc(CCl)ccc1CC. The molecule has 1 aromatic rings. The molecule has 0 aliphatic heterocycles. The molecule has 0 atom stereocenters. The van der Waals surface area contributed by atoms with Crippen molar-refractivity contribution in [2.75, 3.05) is 6.54 Å². The lowest BCUT2D eigenvalue weighted by Crippen LogP contribution is -2.38. The highest BCUT2D eigenvalue weighted by Crippen LogP contribution is 2.25. The Balaban J connectivity index is 3.38. The third kappa shape index (κ3) is 3.74. The number of alkyl halides is 1. The summed E-state index contributed by atoms with van der Waals surface area (Å²) in [5.74, 6) is 0.321. The van der Waals surface area contributed by atoms with Crippen molar-refractivity contribution in [2.24, 2.45) is 0 Å². The highest BCUT2D eigenvalue weighted by atomic mass is 35.5. The summed E-state index contributed by atoms with van der Waals surface area (Å²) in [7, 11) is -3.46. The Morgan fingerprint density at radius 1 is 1.25 bits per heavy atom. The molecule has 0 amide bonds. The highest BCUT2D eigenvalue weighted by molar-refractivity contribution is 7.89. The summed E-state index contributed by atoms with van der Waals surface area (Å²) in [6, 6.07) is 5.43. The van der Waals surface area contributed by atoms with Crippen molar-refractivity contribution in [1.82, 2.24) is 4.31 Å².